The van der Waals surface area contributed by atoms with E-state index in [0.717, 1.165) is 4.90 Å². The predicted octanol–water partition coefficient (Wildman–Crippen LogP) is -2.64. The van der Waals surface area contributed by atoms with Crippen LogP contribution in [0.1, 0.15) is 0 Å². The molecule has 0 unspecified atom stereocenters. The highest BCUT2D eigenvalue weighted by Gasteiger charge is 2.26. The molecule has 7 heteroatoms. The molecule has 3 N–H and O–H groups in total. The van der Waals surface area contributed by atoms with Crippen molar-refractivity contribution in [1.82, 2.24) is 15.1 Å². The van der Waals surface area contributed by atoms with Crippen LogP contribution in [0.2, 0.25) is 0 Å². The molecule has 0 aromatic carbocycles. The molecule has 0 atom stereocenters. The van der Waals surface area contributed by atoms with Gasteiger partial charge in [0.05, 0.1) is 6.54 Å². The van der Waals surface area contributed by atoms with Crippen LogP contribution in [-0.2, 0) is 14.4 Å². The van der Waals surface area contributed by atoms with Gasteiger partial charge >= 0.3 is 11.8 Å². The molecule has 0 radical (unpaired) electrons. The van der Waals surface area contributed by atoms with Crippen molar-refractivity contribution in [1.29, 1.82) is 0 Å². The van der Waals surface area contributed by atoms with Crippen LogP contribution in [-0.4, -0.2) is 67.3 Å². The fraction of sp³-hybridized carbons (Fsp3) is 0.667. The molecule has 1 aliphatic rings. The lowest BCUT2D eigenvalue weighted by Gasteiger charge is -2.28. The number of carbonyl (C=O) groups excluding carboxylic acids is 3. The average Bonchev–Trinajstić information content (AvgIpc) is 2.27. The number of nitrogens with one attached hydrogen (secondary N) is 1. The van der Waals surface area contributed by atoms with E-state index >= 15 is 0 Å². The molecule has 90 valence electrons. The van der Waals surface area contributed by atoms with E-state index < -0.39 is 17.7 Å². The van der Waals surface area contributed by atoms with Gasteiger partial charge in [0.25, 0.3) is 0 Å². The first-order chi connectivity index (χ1) is 7.52. The van der Waals surface area contributed by atoms with Crippen LogP contribution in [0.15, 0.2) is 0 Å². The van der Waals surface area contributed by atoms with Crippen molar-refractivity contribution >= 4 is 17.7 Å². The van der Waals surface area contributed by atoms with Crippen molar-refractivity contribution < 1.29 is 14.4 Å². The molecule has 0 spiro atoms. The van der Waals surface area contributed by atoms with Crippen molar-refractivity contribution in [2.75, 3.05) is 39.8 Å². The van der Waals surface area contributed by atoms with Gasteiger partial charge in [-0.15, -0.1) is 0 Å². The van der Waals surface area contributed by atoms with Crippen molar-refractivity contribution in [3.8, 4) is 0 Å². The van der Waals surface area contributed by atoms with Gasteiger partial charge in [-0.2, -0.15) is 0 Å². The average molecular weight is 228 g/mol. The summed E-state index contributed by atoms with van der Waals surface area (Å²) in [6, 6.07) is 0. The standard InChI is InChI=1S/C9H16N4O3/c1-12(6-7(10)14)8(15)9(16)13-4-2-11-3-5-13/h11H,2-6H2,1H3,(H2,10,14). The fourth-order valence-electron chi connectivity index (χ4n) is 1.47. The molecule has 16 heavy (non-hydrogen) atoms. The second-order valence-corrected chi connectivity index (χ2v) is 3.67. The minimum atomic E-state index is -0.694. The van der Waals surface area contributed by atoms with Gasteiger partial charge in [-0.05, 0) is 0 Å². The molecule has 7 nitrogen and oxygen atoms in total. The smallest absolute Gasteiger partial charge is 0.312 e. The van der Waals surface area contributed by atoms with Crippen molar-refractivity contribution in [3.05, 3.63) is 0 Å². The monoisotopic (exact) mass is 228 g/mol. The summed E-state index contributed by atoms with van der Waals surface area (Å²) in [5, 5.41) is 3.08. The van der Waals surface area contributed by atoms with E-state index in [0.29, 0.717) is 26.2 Å². The SMILES string of the molecule is CN(CC(N)=O)C(=O)C(=O)N1CCNCC1. The molecule has 1 heterocycles. The lowest BCUT2D eigenvalue weighted by atomic mass is 10.3. The molecule has 3 amide bonds. The van der Waals surface area contributed by atoms with Crippen LogP contribution in [0.3, 0.4) is 0 Å². The topological polar surface area (TPSA) is 95.7 Å². The first kappa shape index (κ1) is 12.4. The maximum absolute atomic E-state index is 11.7. The van der Waals surface area contributed by atoms with E-state index in [-0.39, 0.29) is 6.54 Å². The summed E-state index contributed by atoms with van der Waals surface area (Å²) >= 11 is 0. The highest BCUT2D eigenvalue weighted by Crippen LogP contribution is 1.96. The normalized spacial score (nSPS) is 15.7. The molecular formula is C9H16N4O3. The number of rotatable bonds is 2. The number of primary amides is 1. The van der Waals surface area contributed by atoms with Gasteiger partial charge in [0, 0.05) is 33.2 Å². The maximum atomic E-state index is 11.7. The number of piperazine rings is 1. The Morgan fingerprint density at radius 3 is 2.38 bits per heavy atom. The highest BCUT2D eigenvalue weighted by atomic mass is 16.2. The Balaban J connectivity index is 2.51. The van der Waals surface area contributed by atoms with Gasteiger partial charge < -0.3 is 20.9 Å². The molecule has 1 rings (SSSR count). The van der Waals surface area contributed by atoms with E-state index in [1.165, 1.54) is 11.9 Å². The van der Waals surface area contributed by atoms with Crippen LogP contribution < -0.4 is 11.1 Å². The molecule has 0 aromatic rings. The predicted molar refractivity (Wildman–Crippen MR) is 56.3 cm³/mol. The summed E-state index contributed by atoms with van der Waals surface area (Å²) < 4.78 is 0. The van der Waals surface area contributed by atoms with Gasteiger partial charge in [0.1, 0.15) is 0 Å². The van der Waals surface area contributed by atoms with Gasteiger partial charge in [-0.3, -0.25) is 14.4 Å². The van der Waals surface area contributed by atoms with Gasteiger partial charge in [0.15, 0.2) is 0 Å². The summed E-state index contributed by atoms with van der Waals surface area (Å²) in [6.45, 7) is 2.14. The van der Waals surface area contributed by atoms with E-state index in [2.05, 4.69) is 5.32 Å². The minimum Gasteiger partial charge on any atom is -0.368 e. The molecule has 0 aromatic heterocycles. The molecular weight excluding hydrogens is 212 g/mol. The molecule has 1 fully saturated rings. The molecule has 1 aliphatic heterocycles. The molecule has 0 bridgehead atoms. The molecule has 1 saturated heterocycles. The Morgan fingerprint density at radius 2 is 1.88 bits per heavy atom. The van der Waals surface area contributed by atoms with Gasteiger partial charge in [0.2, 0.25) is 5.91 Å². The second-order valence-electron chi connectivity index (χ2n) is 3.67. The zero-order valence-electron chi connectivity index (χ0n) is 9.23. The number of nitrogens with two attached hydrogens (primary N) is 1. The van der Waals surface area contributed by atoms with Crippen molar-refractivity contribution in [2.24, 2.45) is 5.73 Å². The Bertz CT molecular complexity index is 299. The number of likely N-dealkylation sites (N-methyl/N-ethyl adjacent to an activating group) is 1. The lowest BCUT2D eigenvalue weighted by Crippen LogP contribution is -2.52. The Kier molecular flexibility index (Phi) is 4.24. The third-order valence-corrected chi connectivity index (χ3v) is 2.33. The third-order valence-electron chi connectivity index (χ3n) is 2.33. The van der Waals surface area contributed by atoms with Crippen LogP contribution in [0.4, 0.5) is 0 Å². The van der Waals surface area contributed by atoms with Crippen LogP contribution in [0.25, 0.3) is 0 Å². The fourth-order valence-corrected chi connectivity index (χ4v) is 1.47. The Hall–Kier alpha value is -1.63. The number of nitrogens with zero attached hydrogens (tertiary/aromatic N) is 2. The Labute approximate surface area is 93.5 Å². The number of carbonyl (C=O) groups is 3. The Morgan fingerprint density at radius 1 is 1.31 bits per heavy atom. The summed E-state index contributed by atoms with van der Waals surface area (Å²) in [4.78, 5) is 36.4. The zero-order valence-corrected chi connectivity index (χ0v) is 9.23. The van der Waals surface area contributed by atoms with Crippen molar-refractivity contribution in [3.63, 3.8) is 0 Å². The van der Waals surface area contributed by atoms with Crippen molar-refractivity contribution in [2.45, 2.75) is 0 Å². The van der Waals surface area contributed by atoms with Gasteiger partial charge in [-0.1, -0.05) is 0 Å². The van der Waals surface area contributed by atoms with E-state index in [1.54, 1.807) is 0 Å². The van der Waals surface area contributed by atoms with E-state index in [9.17, 15) is 14.4 Å². The highest BCUT2D eigenvalue weighted by molar-refractivity contribution is 6.35. The zero-order chi connectivity index (χ0) is 12.1. The summed E-state index contributed by atoms with van der Waals surface area (Å²) in [6.07, 6.45) is 0. The quantitative estimate of drug-likeness (QED) is 0.505. The second kappa shape index (κ2) is 5.45. The van der Waals surface area contributed by atoms with Crippen LogP contribution in [0, 0.1) is 0 Å². The maximum Gasteiger partial charge on any atom is 0.312 e. The number of hydrogen-bond acceptors (Lipinski definition) is 4. The van der Waals surface area contributed by atoms with E-state index in [4.69, 9.17) is 5.73 Å². The third kappa shape index (κ3) is 3.20. The first-order valence-electron chi connectivity index (χ1n) is 5.05. The van der Waals surface area contributed by atoms with E-state index in [1.807, 2.05) is 0 Å². The lowest BCUT2D eigenvalue weighted by molar-refractivity contribution is -0.152. The summed E-state index contributed by atoms with van der Waals surface area (Å²) in [7, 11) is 1.38. The summed E-state index contributed by atoms with van der Waals surface area (Å²) in [5.41, 5.74) is 4.94. The number of hydrogen-bond donors (Lipinski definition) is 2. The minimum absolute atomic E-state index is 0.239. The number of amides is 3. The summed E-state index contributed by atoms with van der Waals surface area (Å²) in [5.74, 6) is -1.91. The molecule has 0 saturated carbocycles. The largest absolute Gasteiger partial charge is 0.368 e. The van der Waals surface area contributed by atoms with Crippen LogP contribution in [0.5, 0.6) is 0 Å². The first-order valence-corrected chi connectivity index (χ1v) is 5.05. The van der Waals surface area contributed by atoms with Gasteiger partial charge in [-0.25, -0.2) is 0 Å². The van der Waals surface area contributed by atoms with Crippen LogP contribution >= 0.6 is 0 Å². The molecule has 0 aliphatic carbocycles.